The fourth-order valence-corrected chi connectivity index (χ4v) is 4.59. The fourth-order valence-electron chi connectivity index (χ4n) is 4.59. The summed E-state index contributed by atoms with van der Waals surface area (Å²) in [6, 6.07) is 9.52. The molecule has 1 N–H and O–H groups in total. The molecule has 0 bridgehead atoms. The Balaban J connectivity index is 1.28. The first-order valence-electron chi connectivity index (χ1n) is 10.3. The SMILES string of the molecule is CC1CCCN1C1CCN(c2ccc(NC(=O)OC3CCOCC3)cc2)C1. The van der Waals surface area contributed by atoms with Crippen molar-refractivity contribution in [3.05, 3.63) is 24.3 Å². The topological polar surface area (TPSA) is 54.0 Å². The van der Waals surface area contributed by atoms with Gasteiger partial charge in [0, 0.05) is 49.4 Å². The first-order chi connectivity index (χ1) is 13.2. The molecule has 6 heteroatoms. The fraction of sp³-hybridized carbons (Fsp3) is 0.667. The van der Waals surface area contributed by atoms with E-state index < -0.39 is 0 Å². The second-order valence-corrected chi connectivity index (χ2v) is 8.01. The molecule has 148 valence electrons. The number of likely N-dealkylation sites (tertiary alicyclic amines) is 1. The first kappa shape index (κ1) is 18.6. The largest absolute Gasteiger partial charge is 0.446 e. The van der Waals surface area contributed by atoms with Crippen LogP contribution >= 0.6 is 0 Å². The lowest BCUT2D eigenvalue weighted by Crippen LogP contribution is -2.39. The normalized spacial score (nSPS) is 27.1. The predicted octanol–water partition coefficient (Wildman–Crippen LogP) is 3.48. The van der Waals surface area contributed by atoms with Gasteiger partial charge in [-0.05, 0) is 57.0 Å². The number of rotatable bonds is 4. The van der Waals surface area contributed by atoms with Gasteiger partial charge in [0.05, 0.1) is 13.2 Å². The van der Waals surface area contributed by atoms with Crippen LogP contribution in [0.2, 0.25) is 0 Å². The lowest BCUT2D eigenvalue weighted by atomic mass is 10.2. The molecule has 3 saturated heterocycles. The summed E-state index contributed by atoms with van der Waals surface area (Å²) >= 11 is 0. The van der Waals surface area contributed by atoms with Crippen molar-refractivity contribution in [3.8, 4) is 0 Å². The summed E-state index contributed by atoms with van der Waals surface area (Å²) in [5, 5.41) is 2.84. The van der Waals surface area contributed by atoms with E-state index in [1.165, 1.54) is 31.5 Å². The third-order valence-corrected chi connectivity index (χ3v) is 6.16. The summed E-state index contributed by atoms with van der Waals surface area (Å²) in [5.74, 6) is 0. The zero-order chi connectivity index (χ0) is 18.6. The van der Waals surface area contributed by atoms with E-state index in [4.69, 9.17) is 9.47 Å². The molecule has 6 nitrogen and oxygen atoms in total. The molecular formula is C21H31N3O3. The molecule has 1 aromatic carbocycles. The summed E-state index contributed by atoms with van der Waals surface area (Å²) in [6.45, 7) is 7.14. The van der Waals surface area contributed by atoms with Gasteiger partial charge < -0.3 is 14.4 Å². The Bertz CT molecular complexity index is 630. The molecule has 1 amide bonds. The van der Waals surface area contributed by atoms with Crippen molar-refractivity contribution < 1.29 is 14.3 Å². The van der Waals surface area contributed by atoms with E-state index in [1.807, 2.05) is 12.1 Å². The average molecular weight is 373 g/mol. The standard InChI is InChI=1S/C21H31N3O3/c1-16-3-2-11-24(16)19-8-12-23(15-19)18-6-4-17(5-7-18)22-21(25)27-20-9-13-26-14-10-20/h4-7,16,19-20H,2-3,8-15H2,1H3,(H,22,25). The molecule has 0 saturated carbocycles. The van der Waals surface area contributed by atoms with Gasteiger partial charge in [0.25, 0.3) is 0 Å². The number of nitrogens with zero attached hydrogens (tertiary/aromatic N) is 2. The number of hydrogen-bond acceptors (Lipinski definition) is 5. The highest BCUT2D eigenvalue weighted by molar-refractivity contribution is 5.85. The number of hydrogen-bond donors (Lipinski definition) is 1. The van der Waals surface area contributed by atoms with Gasteiger partial charge in [-0.1, -0.05) is 0 Å². The lowest BCUT2D eigenvalue weighted by molar-refractivity contribution is 0.00592. The Morgan fingerprint density at radius 2 is 1.89 bits per heavy atom. The Morgan fingerprint density at radius 3 is 2.59 bits per heavy atom. The van der Waals surface area contributed by atoms with E-state index in [2.05, 4.69) is 34.2 Å². The Labute approximate surface area is 161 Å². The number of benzene rings is 1. The molecule has 0 aromatic heterocycles. The highest BCUT2D eigenvalue weighted by Crippen LogP contribution is 2.28. The van der Waals surface area contributed by atoms with Gasteiger partial charge in [0.1, 0.15) is 6.10 Å². The average Bonchev–Trinajstić information content (AvgIpc) is 3.32. The van der Waals surface area contributed by atoms with Crippen LogP contribution in [0.5, 0.6) is 0 Å². The molecule has 3 aliphatic heterocycles. The number of carbonyl (C=O) groups excluding carboxylic acids is 1. The highest BCUT2D eigenvalue weighted by atomic mass is 16.6. The highest BCUT2D eigenvalue weighted by Gasteiger charge is 2.32. The van der Waals surface area contributed by atoms with Crippen LogP contribution in [-0.4, -0.2) is 62.0 Å². The third kappa shape index (κ3) is 4.55. The van der Waals surface area contributed by atoms with Crippen molar-refractivity contribution in [2.45, 2.75) is 57.2 Å². The van der Waals surface area contributed by atoms with Gasteiger partial charge in [-0.3, -0.25) is 10.2 Å². The Hall–Kier alpha value is -1.79. The molecule has 3 aliphatic rings. The van der Waals surface area contributed by atoms with Crippen molar-refractivity contribution >= 4 is 17.5 Å². The summed E-state index contributed by atoms with van der Waals surface area (Å²) in [4.78, 5) is 17.2. The van der Waals surface area contributed by atoms with Crippen LogP contribution in [0, 0.1) is 0 Å². The van der Waals surface area contributed by atoms with Crippen LogP contribution in [0.1, 0.15) is 39.0 Å². The number of carbonyl (C=O) groups is 1. The van der Waals surface area contributed by atoms with E-state index in [9.17, 15) is 4.79 Å². The van der Waals surface area contributed by atoms with Crippen molar-refractivity contribution in [1.29, 1.82) is 0 Å². The van der Waals surface area contributed by atoms with Crippen LogP contribution in [0.3, 0.4) is 0 Å². The zero-order valence-electron chi connectivity index (χ0n) is 16.2. The van der Waals surface area contributed by atoms with E-state index in [-0.39, 0.29) is 12.2 Å². The minimum Gasteiger partial charge on any atom is -0.446 e. The van der Waals surface area contributed by atoms with E-state index in [0.29, 0.717) is 19.3 Å². The number of ether oxygens (including phenoxy) is 2. The van der Waals surface area contributed by atoms with E-state index in [1.54, 1.807) is 0 Å². The van der Waals surface area contributed by atoms with Crippen molar-refractivity contribution in [3.63, 3.8) is 0 Å². The molecule has 0 aliphatic carbocycles. The molecule has 3 fully saturated rings. The van der Waals surface area contributed by atoms with Gasteiger partial charge in [-0.25, -0.2) is 4.79 Å². The maximum absolute atomic E-state index is 12.1. The van der Waals surface area contributed by atoms with Crippen molar-refractivity contribution in [2.24, 2.45) is 0 Å². The summed E-state index contributed by atoms with van der Waals surface area (Å²) in [5.41, 5.74) is 2.01. The van der Waals surface area contributed by atoms with E-state index in [0.717, 1.165) is 37.7 Å². The second kappa shape index (κ2) is 8.48. The van der Waals surface area contributed by atoms with Crippen LogP contribution in [0.15, 0.2) is 24.3 Å². The molecule has 1 aromatic rings. The van der Waals surface area contributed by atoms with Crippen LogP contribution in [-0.2, 0) is 9.47 Å². The Morgan fingerprint density at radius 1 is 1.11 bits per heavy atom. The maximum Gasteiger partial charge on any atom is 0.411 e. The molecular weight excluding hydrogens is 342 g/mol. The number of nitrogens with one attached hydrogen (secondary N) is 1. The van der Waals surface area contributed by atoms with Crippen LogP contribution in [0.25, 0.3) is 0 Å². The molecule has 3 heterocycles. The van der Waals surface area contributed by atoms with Crippen LogP contribution in [0.4, 0.5) is 16.2 Å². The first-order valence-corrected chi connectivity index (χ1v) is 10.3. The monoisotopic (exact) mass is 373 g/mol. The molecule has 0 radical (unpaired) electrons. The molecule has 27 heavy (non-hydrogen) atoms. The van der Waals surface area contributed by atoms with E-state index >= 15 is 0 Å². The third-order valence-electron chi connectivity index (χ3n) is 6.16. The summed E-state index contributed by atoms with van der Waals surface area (Å²) in [7, 11) is 0. The van der Waals surface area contributed by atoms with Crippen molar-refractivity contribution in [2.75, 3.05) is 43.1 Å². The van der Waals surface area contributed by atoms with Gasteiger partial charge in [-0.15, -0.1) is 0 Å². The second-order valence-electron chi connectivity index (χ2n) is 8.01. The smallest absolute Gasteiger partial charge is 0.411 e. The van der Waals surface area contributed by atoms with Crippen LogP contribution < -0.4 is 10.2 Å². The van der Waals surface area contributed by atoms with Gasteiger partial charge in [0.2, 0.25) is 0 Å². The summed E-state index contributed by atoms with van der Waals surface area (Å²) in [6.07, 6.45) is 5.05. The minimum atomic E-state index is -0.376. The zero-order valence-corrected chi connectivity index (χ0v) is 16.2. The summed E-state index contributed by atoms with van der Waals surface area (Å²) < 4.78 is 10.7. The Kier molecular flexibility index (Phi) is 5.83. The van der Waals surface area contributed by atoms with Gasteiger partial charge in [0.15, 0.2) is 0 Å². The minimum absolute atomic E-state index is 0.0347. The number of anilines is 2. The molecule has 2 unspecified atom stereocenters. The molecule has 0 spiro atoms. The van der Waals surface area contributed by atoms with Gasteiger partial charge >= 0.3 is 6.09 Å². The maximum atomic E-state index is 12.1. The molecule has 2 atom stereocenters. The predicted molar refractivity (Wildman–Crippen MR) is 106 cm³/mol. The molecule has 4 rings (SSSR count). The lowest BCUT2D eigenvalue weighted by Gasteiger charge is -2.28. The quantitative estimate of drug-likeness (QED) is 0.876. The van der Waals surface area contributed by atoms with Crippen molar-refractivity contribution in [1.82, 2.24) is 4.90 Å². The number of amides is 1. The van der Waals surface area contributed by atoms with Gasteiger partial charge in [-0.2, -0.15) is 0 Å².